The molecule has 2 fully saturated rings. The van der Waals surface area contributed by atoms with Gasteiger partial charge in [0.1, 0.15) is 0 Å². The minimum absolute atomic E-state index is 0. The summed E-state index contributed by atoms with van der Waals surface area (Å²) in [7, 11) is -2.26. The highest BCUT2D eigenvalue weighted by atomic mass is 35.5. The molecule has 2 aliphatic rings. The molecule has 252 valence electrons. The van der Waals surface area contributed by atoms with Gasteiger partial charge in [-0.25, -0.2) is 8.42 Å². The number of aromatic amines is 1. The molecule has 6 rings (SSSR count). The predicted molar refractivity (Wildman–Crippen MR) is 188 cm³/mol. The van der Waals surface area contributed by atoms with Gasteiger partial charge in [-0.2, -0.15) is 20.1 Å². The van der Waals surface area contributed by atoms with Crippen molar-refractivity contribution in [1.82, 2.24) is 37.5 Å². The Balaban J connectivity index is -0.000000951. The summed E-state index contributed by atoms with van der Waals surface area (Å²) in [6.07, 6.45) is 8.68. The van der Waals surface area contributed by atoms with Crippen molar-refractivity contribution in [2.24, 2.45) is 5.73 Å². The van der Waals surface area contributed by atoms with Gasteiger partial charge in [0.05, 0.1) is 22.3 Å². The fourth-order valence-corrected chi connectivity index (χ4v) is 5.99. The van der Waals surface area contributed by atoms with E-state index in [1.165, 1.54) is 19.9 Å². The second-order valence-electron chi connectivity index (χ2n) is 9.78. The number of aromatic nitrogens is 5. The van der Waals surface area contributed by atoms with E-state index in [1.807, 2.05) is 6.07 Å². The minimum Gasteiger partial charge on any atom is -0.412 e. The Bertz CT molecular complexity index is 1510. The topological polar surface area (TPSA) is 260 Å². The van der Waals surface area contributed by atoms with E-state index in [0.29, 0.717) is 29.2 Å². The molecule has 0 saturated carbocycles. The Morgan fingerprint density at radius 1 is 0.795 bits per heavy atom. The van der Waals surface area contributed by atoms with E-state index < -0.39 is 10.0 Å². The molecular weight excluding hydrogens is 608 g/mol. The maximum absolute atomic E-state index is 13.0. The predicted octanol–water partition coefficient (Wildman–Crippen LogP) is 4.75. The van der Waals surface area contributed by atoms with Crippen molar-refractivity contribution in [1.29, 1.82) is 0 Å². The van der Waals surface area contributed by atoms with Gasteiger partial charge in [-0.3, -0.25) is 9.82 Å². The SMILES string of the molecule is CN.Cl.N.N.O.O=S(=O)(Nc1ccc2cn[nH]c2c1)c1ccc(Nc2nc(N3CCCCC3)nc(N3CCCCC3)n2)cc1.[HH].[HH].[HH].[HH]. The van der Waals surface area contributed by atoms with E-state index in [1.54, 1.807) is 42.6 Å². The number of nitrogens with zero attached hydrogens (tertiary/aromatic N) is 6. The lowest BCUT2D eigenvalue weighted by molar-refractivity contribution is 0.556. The summed E-state index contributed by atoms with van der Waals surface area (Å²) < 4.78 is 28.6. The Morgan fingerprint density at radius 2 is 1.32 bits per heavy atom. The molecule has 2 saturated heterocycles. The molecule has 0 spiro atoms. The van der Waals surface area contributed by atoms with Crippen LogP contribution in [0.25, 0.3) is 10.9 Å². The van der Waals surface area contributed by atoms with Gasteiger partial charge >= 0.3 is 0 Å². The zero-order valence-electron chi connectivity index (χ0n) is 25.0. The molecule has 2 aliphatic heterocycles. The summed E-state index contributed by atoms with van der Waals surface area (Å²) in [4.78, 5) is 18.9. The second-order valence-corrected chi connectivity index (χ2v) is 11.5. The van der Waals surface area contributed by atoms with Gasteiger partial charge in [-0.1, -0.05) is 0 Å². The zero-order valence-corrected chi connectivity index (χ0v) is 26.6. The minimum atomic E-state index is -3.76. The van der Waals surface area contributed by atoms with Crippen LogP contribution in [0.2, 0.25) is 0 Å². The van der Waals surface area contributed by atoms with Crippen LogP contribution in [-0.4, -0.2) is 72.3 Å². The molecule has 0 unspecified atom stereocenters. The molecule has 0 radical (unpaired) electrons. The molecule has 2 aromatic carbocycles. The highest BCUT2D eigenvalue weighted by Crippen LogP contribution is 2.25. The van der Waals surface area contributed by atoms with Crippen LogP contribution in [-0.2, 0) is 10.0 Å². The first-order chi connectivity index (χ1) is 19.5. The first-order valence-corrected chi connectivity index (χ1v) is 15.2. The van der Waals surface area contributed by atoms with Crippen LogP contribution < -0.4 is 37.9 Å². The number of piperidine rings is 2. The number of fused-ring (bicyclic) bond motifs is 1. The van der Waals surface area contributed by atoms with E-state index in [-0.39, 0.29) is 40.8 Å². The van der Waals surface area contributed by atoms with Gasteiger partial charge in [0.2, 0.25) is 17.8 Å². The Morgan fingerprint density at radius 3 is 1.86 bits per heavy atom. The average molecular weight is 661 g/mol. The lowest BCUT2D eigenvalue weighted by Gasteiger charge is -2.30. The van der Waals surface area contributed by atoms with Crippen molar-refractivity contribution in [3.05, 3.63) is 48.7 Å². The third-order valence-corrected chi connectivity index (χ3v) is 8.40. The van der Waals surface area contributed by atoms with Gasteiger partial charge in [0, 0.05) is 43.0 Å². The average Bonchev–Trinajstić information content (AvgIpc) is 3.47. The maximum atomic E-state index is 13.0. The van der Waals surface area contributed by atoms with Crippen molar-refractivity contribution >= 4 is 62.6 Å². The van der Waals surface area contributed by atoms with Crippen molar-refractivity contribution in [2.75, 3.05) is 53.1 Å². The molecule has 4 heterocycles. The third kappa shape index (κ3) is 9.10. The van der Waals surface area contributed by atoms with Crippen LogP contribution in [0.15, 0.2) is 53.6 Å². The van der Waals surface area contributed by atoms with Crippen LogP contribution in [0.4, 0.5) is 29.2 Å². The molecule has 15 nitrogen and oxygen atoms in total. The number of benzene rings is 2. The number of sulfonamides is 1. The number of halogens is 1. The maximum Gasteiger partial charge on any atom is 0.261 e. The number of rotatable bonds is 7. The van der Waals surface area contributed by atoms with Crippen LogP contribution in [0.5, 0.6) is 0 Å². The molecule has 0 atom stereocenters. The lowest BCUT2D eigenvalue weighted by atomic mass is 10.1. The molecule has 2 aromatic heterocycles. The van der Waals surface area contributed by atoms with Crippen LogP contribution in [0.1, 0.15) is 44.2 Å². The Labute approximate surface area is 270 Å². The lowest BCUT2D eigenvalue weighted by Crippen LogP contribution is -2.34. The summed E-state index contributed by atoms with van der Waals surface area (Å²) in [5, 5.41) is 11.0. The van der Waals surface area contributed by atoms with Crippen molar-refractivity contribution in [3.63, 3.8) is 0 Å². The number of anilines is 5. The number of nitrogens with one attached hydrogen (secondary N) is 3. The van der Waals surface area contributed by atoms with Crippen molar-refractivity contribution in [2.45, 2.75) is 43.4 Å². The molecule has 13 N–H and O–H groups in total. The Hall–Kier alpha value is -3.80. The number of hydrogen-bond donors (Lipinski definition) is 6. The largest absolute Gasteiger partial charge is 0.412 e. The highest BCUT2D eigenvalue weighted by Gasteiger charge is 2.21. The van der Waals surface area contributed by atoms with Gasteiger partial charge < -0.3 is 38.6 Å². The molecule has 44 heavy (non-hydrogen) atoms. The van der Waals surface area contributed by atoms with E-state index in [4.69, 9.17) is 15.0 Å². The van der Waals surface area contributed by atoms with E-state index >= 15 is 0 Å². The molecule has 0 amide bonds. The quantitative estimate of drug-likeness (QED) is 0.157. The second kappa shape index (κ2) is 17.5. The van der Waals surface area contributed by atoms with Gasteiger partial charge in [-0.15, -0.1) is 12.4 Å². The van der Waals surface area contributed by atoms with E-state index in [2.05, 4.69) is 35.8 Å². The standard InChI is InChI=1S/C26H31N9O2S.CH5N.ClH.2H3N.H2O.4H2/c36-38(37,33-21-8-7-19-18-27-32-23(19)17-21)22-11-9-20(10-12-22)28-24-29-25(34-13-3-1-4-14-34)31-26(30-24)35-15-5-2-6-16-35;1-2;;;;;;;;/h7-12,17-18,33H,1-6,13-16H2,(H,27,32)(H,28,29,30,31);2H2,1H3;1H;2*1H3;1H2;4*1H. The van der Waals surface area contributed by atoms with E-state index in [0.717, 1.165) is 62.8 Å². The van der Waals surface area contributed by atoms with Crippen molar-refractivity contribution in [3.8, 4) is 0 Å². The molecule has 4 aromatic rings. The van der Waals surface area contributed by atoms with Crippen LogP contribution in [0.3, 0.4) is 0 Å². The van der Waals surface area contributed by atoms with Crippen molar-refractivity contribution < 1.29 is 19.6 Å². The molecule has 0 aliphatic carbocycles. The summed E-state index contributed by atoms with van der Waals surface area (Å²) in [6, 6.07) is 11.8. The summed E-state index contributed by atoms with van der Waals surface area (Å²) >= 11 is 0. The molecule has 17 heteroatoms. The van der Waals surface area contributed by atoms with Crippen LogP contribution in [0, 0.1) is 0 Å². The summed E-state index contributed by atoms with van der Waals surface area (Å²) in [5.74, 6) is 1.85. The van der Waals surface area contributed by atoms with Crippen LogP contribution >= 0.6 is 12.4 Å². The number of H-pyrrole nitrogens is 1. The fourth-order valence-electron chi connectivity index (χ4n) is 4.94. The monoisotopic (exact) mass is 660 g/mol. The number of hydrogen-bond acceptors (Lipinski definition) is 12. The first kappa shape index (κ1) is 38.2. The smallest absolute Gasteiger partial charge is 0.261 e. The number of nitrogens with two attached hydrogens (primary N) is 1. The third-order valence-electron chi connectivity index (χ3n) is 7.00. The normalized spacial score (nSPS) is 14.4. The van der Waals surface area contributed by atoms with Gasteiger partial charge in [0.25, 0.3) is 10.0 Å². The molecule has 0 bridgehead atoms. The highest BCUT2D eigenvalue weighted by molar-refractivity contribution is 7.92. The van der Waals surface area contributed by atoms with E-state index in [9.17, 15) is 8.42 Å². The molecular formula is C27H53ClN12O3S. The van der Waals surface area contributed by atoms with Gasteiger partial charge in [0.15, 0.2) is 0 Å². The Kier molecular flexibility index (Phi) is 15.2. The summed E-state index contributed by atoms with van der Waals surface area (Å²) in [6.45, 7) is 3.76. The fraction of sp³-hybridized carbons (Fsp3) is 0.407. The summed E-state index contributed by atoms with van der Waals surface area (Å²) in [5.41, 5.74) is 6.42. The zero-order chi connectivity index (χ0) is 28.0. The van der Waals surface area contributed by atoms with Gasteiger partial charge in [-0.05, 0) is 88.0 Å². The first-order valence-electron chi connectivity index (χ1n) is 13.7.